The number of aryl methyl sites for hydroxylation is 2. The van der Waals surface area contributed by atoms with Crippen LogP contribution in [-0.4, -0.2) is 11.8 Å². The third-order valence-corrected chi connectivity index (χ3v) is 4.78. The zero-order valence-electron chi connectivity index (χ0n) is 10.0. The van der Waals surface area contributed by atoms with Gasteiger partial charge in [0.05, 0.1) is 0 Å². The van der Waals surface area contributed by atoms with E-state index in [1.165, 1.54) is 41.0 Å². The Kier molecular flexibility index (Phi) is 2.72. The van der Waals surface area contributed by atoms with Crippen LogP contribution >= 0.6 is 11.8 Å². The molecule has 3 rings (SSSR count). The molecule has 1 aliphatic carbocycles. The SMILES string of the molecule is Cc1cc(C)c2c(c1)C(NC1CC1)CCS2. The Bertz CT molecular complexity index is 409. The first-order valence-corrected chi connectivity index (χ1v) is 7.22. The number of benzene rings is 1. The summed E-state index contributed by atoms with van der Waals surface area (Å²) >= 11 is 2.04. The van der Waals surface area contributed by atoms with Gasteiger partial charge >= 0.3 is 0 Å². The van der Waals surface area contributed by atoms with Crippen molar-refractivity contribution in [2.75, 3.05) is 5.75 Å². The van der Waals surface area contributed by atoms with E-state index in [9.17, 15) is 0 Å². The molecule has 1 saturated carbocycles. The van der Waals surface area contributed by atoms with Crippen LogP contribution in [0, 0.1) is 13.8 Å². The van der Waals surface area contributed by atoms with Gasteiger partial charge < -0.3 is 5.32 Å². The van der Waals surface area contributed by atoms with Crippen LogP contribution in [0.3, 0.4) is 0 Å². The van der Waals surface area contributed by atoms with Crippen molar-refractivity contribution in [1.29, 1.82) is 0 Å². The summed E-state index contributed by atoms with van der Waals surface area (Å²) in [4.78, 5) is 1.54. The minimum atomic E-state index is 0.613. The predicted molar refractivity (Wildman–Crippen MR) is 70.2 cm³/mol. The first-order valence-electron chi connectivity index (χ1n) is 6.24. The molecule has 1 fully saturated rings. The van der Waals surface area contributed by atoms with Crippen molar-refractivity contribution >= 4 is 11.8 Å². The highest BCUT2D eigenvalue weighted by Gasteiger charge is 2.28. The quantitative estimate of drug-likeness (QED) is 0.837. The third kappa shape index (κ3) is 2.01. The summed E-state index contributed by atoms with van der Waals surface area (Å²) in [5.41, 5.74) is 4.42. The molecule has 0 saturated heterocycles. The fourth-order valence-electron chi connectivity index (χ4n) is 2.59. The number of hydrogen-bond acceptors (Lipinski definition) is 2. The van der Waals surface area contributed by atoms with Gasteiger partial charge in [0.2, 0.25) is 0 Å². The molecule has 1 atom stereocenters. The van der Waals surface area contributed by atoms with Gasteiger partial charge in [-0.3, -0.25) is 0 Å². The molecule has 1 unspecified atom stereocenters. The van der Waals surface area contributed by atoms with Gasteiger partial charge in [-0.15, -0.1) is 11.8 Å². The fourth-order valence-corrected chi connectivity index (χ4v) is 3.80. The van der Waals surface area contributed by atoms with E-state index in [0.717, 1.165) is 6.04 Å². The minimum Gasteiger partial charge on any atom is -0.307 e. The maximum Gasteiger partial charge on any atom is 0.0341 e. The van der Waals surface area contributed by atoms with Gasteiger partial charge in [0.1, 0.15) is 0 Å². The molecule has 1 aliphatic heterocycles. The van der Waals surface area contributed by atoms with Crippen molar-refractivity contribution in [2.45, 2.75) is 50.1 Å². The lowest BCUT2D eigenvalue weighted by atomic mass is 9.98. The van der Waals surface area contributed by atoms with Crippen LogP contribution in [0.1, 0.15) is 42.0 Å². The summed E-state index contributed by atoms with van der Waals surface area (Å²) in [5.74, 6) is 1.27. The summed E-state index contributed by atoms with van der Waals surface area (Å²) in [6.45, 7) is 4.46. The number of fused-ring (bicyclic) bond motifs is 1. The molecule has 2 heteroatoms. The van der Waals surface area contributed by atoms with Crippen LogP contribution in [0.2, 0.25) is 0 Å². The zero-order valence-corrected chi connectivity index (χ0v) is 10.9. The Morgan fingerprint density at radius 3 is 2.75 bits per heavy atom. The number of thioether (sulfide) groups is 1. The second-order valence-electron chi connectivity index (χ2n) is 5.13. The molecule has 1 aromatic rings. The largest absolute Gasteiger partial charge is 0.307 e. The van der Waals surface area contributed by atoms with E-state index in [1.807, 2.05) is 11.8 Å². The second kappa shape index (κ2) is 4.08. The smallest absolute Gasteiger partial charge is 0.0341 e. The highest BCUT2D eigenvalue weighted by Crippen LogP contribution is 2.40. The van der Waals surface area contributed by atoms with E-state index in [-0.39, 0.29) is 0 Å². The van der Waals surface area contributed by atoms with E-state index < -0.39 is 0 Å². The average Bonchev–Trinajstić information content (AvgIpc) is 3.03. The van der Waals surface area contributed by atoms with Crippen molar-refractivity contribution in [1.82, 2.24) is 5.32 Å². The van der Waals surface area contributed by atoms with Gasteiger partial charge in [-0.05, 0) is 50.0 Å². The molecular formula is C14H19NS. The van der Waals surface area contributed by atoms with Crippen LogP contribution in [0.15, 0.2) is 17.0 Å². The van der Waals surface area contributed by atoms with Crippen LogP contribution < -0.4 is 5.32 Å². The van der Waals surface area contributed by atoms with Crippen LogP contribution in [0.5, 0.6) is 0 Å². The second-order valence-corrected chi connectivity index (χ2v) is 6.24. The average molecular weight is 233 g/mol. The van der Waals surface area contributed by atoms with Crippen molar-refractivity contribution in [3.63, 3.8) is 0 Å². The van der Waals surface area contributed by atoms with Crippen molar-refractivity contribution in [3.8, 4) is 0 Å². The molecular weight excluding hydrogens is 214 g/mol. The van der Waals surface area contributed by atoms with Crippen molar-refractivity contribution in [3.05, 3.63) is 28.8 Å². The van der Waals surface area contributed by atoms with Crippen LogP contribution in [0.25, 0.3) is 0 Å². The molecule has 0 radical (unpaired) electrons. The Morgan fingerprint density at radius 1 is 1.19 bits per heavy atom. The highest BCUT2D eigenvalue weighted by atomic mass is 32.2. The third-order valence-electron chi connectivity index (χ3n) is 3.49. The van der Waals surface area contributed by atoms with E-state index >= 15 is 0 Å². The number of rotatable bonds is 2. The lowest BCUT2D eigenvalue weighted by Gasteiger charge is -2.28. The standard InChI is InChI=1S/C14H19NS/c1-9-7-10(2)14-12(8-9)13(5-6-16-14)15-11-3-4-11/h7-8,11,13,15H,3-6H2,1-2H3. The van der Waals surface area contributed by atoms with Crippen LogP contribution in [0.4, 0.5) is 0 Å². The molecule has 0 bridgehead atoms. The summed E-state index contributed by atoms with van der Waals surface area (Å²) < 4.78 is 0. The predicted octanol–water partition coefficient (Wildman–Crippen LogP) is 3.59. The zero-order chi connectivity index (χ0) is 11.1. The maximum absolute atomic E-state index is 3.79. The lowest BCUT2D eigenvalue weighted by molar-refractivity contribution is 0.506. The summed E-state index contributed by atoms with van der Waals surface area (Å²) in [6.07, 6.45) is 4.05. The molecule has 16 heavy (non-hydrogen) atoms. The topological polar surface area (TPSA) is 12.0 Å². The maximum atomic E-state index is 3.79. The molecule has 1 N–H and O–H groups in total. The normalized spacial score (nSPS) is 24.2. The molecule has 0 aromatic heterocycles. The molecule has 0 amide bonds. The minimum absolute atomic E-state index is 0.613. The van der Waals surface area contributed by atoms with Crippen molar-refractivity contribution < 1.29 is 0 Å². The fraction of sp³-hybridized carbons (Fsp3) is 0.571. The molecule has 86 valence electrons. The lowest BCUT2D eigenvalue weighted by Crippen LogP contribution is -2.26. The van der Waals surface area contributed by atoms with Gasteiger partial charge in [0.15, 0.2) is 0 Å². The Morgan fingerprint density at radius 2 is 2.00 bits per heavy atom. The van der Waals surface area contributed by atoms with E-state index in [4.69, 9.17) is 0 Å². The van der Waals surface area contributed by atoms with Gasteiger partial charge in [-0.2, -0.15) is 0 Å². The number of nitrogens with one attached hydrogen (secondary N) is 1. The Balaban J connectivity index is 1.95. The molecule has 1 nitrogen and oxygen atoms in total. The van der Waals surface area contributed by atoms with Gasteiger partial charge in [-0.1, -0.05) is 17.7 Å². The molecule has 2 aliphatic rings. The monoisotopic (exact) mass is 233 g/mol. The summed E-state index contributed by atoms with van der Waals surface area (Å²) in [5, 5.41) is 3.79. The molecule has 1 aromatic carbocycles. The first kappa shape index (κ1) is 10.7. The van der Waals surface area contributed by atoms with E-state index in [2.05, 4.69) is 31.3 Å². The van der Waals surface area contributed by atoms with E-state index in [1.54, 1.807) is 5.56 Å². The number of hydrogen-bond donors (Lipinski definition) is 1. The van der Waals surface area contributed by atoms with Gasteiger partial charge in [0, 0.05) is 17.0 Å². The van der Waals surface area contributed by atoms with Crippen molar-refractivity contribution in [2.24, 2.45) is 0 Å². The molecule has 1 heterocycles. The van der Waals surface area contributed by atoms with Gasteiger partial charge in [-0.25, -0.2) is 0 Å². The highest BCUT2D eigenvalue weighted by molar-refractivity contribution is 7.99. The van der Waals surface area contributed by atoms with Crippen LogP contribution in [-0.2, 0) is 0 Å². The van der Waals surface area contributed by atoms with E-state index in [0.29, 0.717) is 6.04 Å². The Hall–Kier alpha value is -0.470. The summed E-state index contributed by atoms with van der Waals surface area (Å²) in [6, 6.07) is 6.11. The first-order chi connectivity index (χ1) is 7.74. The summed E-state index contributed by atoms with van der Waals surface area (Å²) in [7, 11) is 0. The molecule has 0 spiro atoms. The Labute approximate surface area is 102 Å². The van der Waals surface area contributed by atoms with Gasteiger partial charge in [0.25, 0.3) is 0 Å².